The molecule has 0 saturated heterocycles. The molecular weight excluding hydrogens is 283 g/mol. The molecule has 3 rings (SSSR count). The molecule has 0 bridgehead atoms. The Bertz CT molecular complexity index is 733. The first-order valence-corrected chi connectivity index (χ1v) is 6.20. The predicted octanol–water partition coefficient (Wildman–Crippen LogP) is 2.60. The Morgan fingerprint density at radius 1 is 1.25 bits per heavy atom. The number of amides is 1. The maximum atomic E-state index is 13.3. The van der Waals surface area contributed by atoms with Gasteiger partial charge in [-0.1, -0.05) is 11.6 Å². The molecule has 2 aromatic rings. The Balaban J connectivity index is 2.03. The Morgan fingerprint density at radius 3 is 2.80 bits per heavy atom. The van der Waals surface area contributed by atoms with E-state index in [0.29, 0.717) is 10.6 Å². The average Bonchev–Trinajstić information content (AvgIpc) is 2.66. The predicted molar refractivity (Wildman–Crippen MR) is 71.2 cm³/mol. The fraction of sp³-hybridized carbons (Fsp3) is 0.0714. The number of halogens is 2. The Morgan fingerprint density at radius 2 is 2.05 bits per heavy atom. The van der Waals surface area contributed by atoms with Gasteiger partial charge in [0, 0.05) is 12.4 Å². The van der Waals surface area contributed by atoms with Crippen LogP contribution < -0.4 is 4.90 Å². The SMILES string of the molecule is O=C1C(=O)N(Cc2ccncc2Cl)c2cc(F)ccc21. The van der Waals surface area contributed by atoms with Crippen molar-refractivity contribution in [1.82, 2.24) is 4.98 Å². The summed E-state index contributed by atoms with van der Waals surface area (Å²) < 4.78 is 13.3. The van der Waals surface area contributed by atoms with Crippen molar-refractivity contribution in [2.45, 2.75) is 6.54 Å². The number of benzene rings is 1. The van der Waals surface area contributed by atoms with Crippen LogP contribution in [0.25, 0.3) is 0 Å². The van der Waals surface area contributed by atoms with Crippen LogP contribution in [-0.2, 0) is 11.3 Å². The summed E-state index contributed by atoms with van der Waals surface area (Å²) in [4.78, 5) is 28.9. The monoisotopic (exact) mass is 290 g/mol. The highest BCUT2D eigenvalue weighted by Crippen LogP contribution is 2.31. The Kier molecular flexibility index (Phi) is 2.99. The van der Waals surface area contributed by atoms with Gasteiger partial charge < -0.3 is 4.90 Å². The second-order valence-electron chi connectivity index (χ2n) is 4.35. The lowest BCUT2D eigenvalue weighted by atomic mass is 10.1. The fourth-order valence-electron chi connectivity index (χ4n) is 2.13. The molecule has 0 atom stereocenters. The van der Waals surface area contributed by atoms with Crippen molar-refractivity contribution in [2.75, 3.05) is 4.90 Å². The van der Waals surface area contributed by atoms with E-state index in [0.717, 1.165) is 6.07 Å². The van der Waals surface area contributed by atoms with Gasteiger partial charge in [-0.2, -0.15) is 0 Å². The molecule has 1 aromatic heterocycles. The molecule has 0 unspecified atom stereocenters. The van der Waals surface area contributed by atoms with E-state index in [-0.39, 0.29) is 17.8 Å². The molecular formula is C14H8ClFN2O2. The molecule has 0 saturated carbocycles. The number of rotatable bonds is 2. The van der Waals surface area contributed by atoms with E-state index in [4.69, 9.17) is 11.6 Å². The highest BCUT2D eigenvalue weighted by Gasteiger charge is 2.36. The minimum Gasteiger partial charge on any atom is -0.300 e. The number of ketones is 1. The maximum absolute atomic E-state index is 13.3. The molecule has 1 aliphatic heterocycles. The van der Waals surface area contributed by atoms with Gasteiger partial charge in [0.25, 0.3) is 11.7 Å². The molecule has 4 nitrogen and oxygen atoms in total. The Hall–Kier alpha value is -2.27. The fourth-order valence-corrected chi connectivity index (χ4v) is 2.31. The highest BCUT2D eigenvalue weighted by molar-refractivity contribution is 6.52. The number of hydrogen-bond acceptors (Lipinski definition) is 3. The molecule has 20 heavy (non-hydrogen) atoms. The Labute approximate surface area is 118 Å². The summed E-state index contributed by atoms with van der Waals surface area (Å²) in [7, 11) is 0. The van der Waals surface area contributed by atoms with Crippen molar-refractivity contribution in [3.63, 3.8) is 0 Å². The number of aromatic nitrogens is 1. The summed E-state index contributed by atoms with van der Waals surface area (Å²) >= 11 is 5.99. The molecule has 0 spiro atoms. The first-order chi connectivity index (χ1) is 9.58. The standard InChI is InChI=1S/C14H8ClFN2O2/c15-11-6-17-4-3-8(11)7-18-12-5-9(16)1-2-10(12)13(19)14(18)20/h1-6H,7H2. The van der Waals surface area contributed by atoms with E-state index in [1.807, 2.05) is 0 Å². The second kappa shape index (κ2) is 4.68. The lowest BCUT2D eigenvalue weighted by molar-refractivity contribution is -0.114. The van der Waals surface area contributed by atoms with E-state index in [1.54, 1.807) is 6.07 Å². The summed E-state index contributed by atoms with van der Waals surface area (Å²) in [6.07, 6.45) is 2.99. The van der Waals surface area contributed by atoms with Gasteiger partial charge in [0.1, 0.15) is 5.82 Å². The van der Waals surface area contributed by atoms with Crippen LogP contribution in [0.15, 0.2) is 36.7 Å². The molecule has 2 heterocycles. The number of carbonyl (C=O) groups excluding carboxylic acids is 2. The van der Waals surface area contributed by atoms with E-state index < -0.39 is 17.5 Å². The first kappa shape index (κ1) is 12.7. The zero-order valence-corrected chi connectivity index (χ0v) is 10.9. The van der Waals surface area contributed by atoms with Gasteiger partial charge in [-0.15, -0.1) is 0 Å². The zero-order chi connectivity index (χ0) is 14.3. The summed E-state index contributed by atoms with van der Waals surface area (Å²) in [5, 5.41) is 0.387. The molecule has 6 heteroatoms. The minimum atomic E-state index is -0.682. The van der Waals surface area contributed by atoms with Crippen molar-refractivity contribution < 1.29 is 14.0 Å². The van der Waals surface area contributed by atoms with Crippen LogP contribution in [0.4, 0.5) is 10.1 Å². The lowest BCUT2D eigenvalue weighted by Gasteiger charge is -2.17. The van der Waals surface area contributed by atoms with Gasteiger partial charge in [-0.05, 0) is 29.8 Å². The van der Waals surface area contributed by atoms with Crippen molar-refractivity contribution >= 4 is 29.0 Å². The topological polar surface area (TPSA) is 50.3 Å². The van der Waals surface area contributed by atoms with E-state index in [9.17, 15) is 14.0 Å². The van der Waals surface area contributed by atoms with Crippen LogP contribution in [0.3, 0.4) is 0 Å². The first-order valence-electron chi connectivity index (χ1n) is 5.82. The van der Waals surface area contributed by atoms with E-state index >= 15 is 0 Å². The molecule has 100 valence electrons. The summed E-state index contributed by atoms with van der Waals surface area (Å²) in [5.74, 6) is -1.82. The lowest BCUT2D eigenvalue weighted by Crippen LogP contribution is -2.29. The van der Waals surface area contributed by atoms with Crippen LogP contribution >= 0.6 is 11.6 Å². The van der Waals surface area contributed by atoms with Crippen molar-refractivity contribution in [2.24, 2.45) is 0 Å². The second-order valence-corrected chi connectivity index (χ2v) is 4.76. The number of fused-ring (bicyclic) bond motifs is 1. The number of pyridine rings is 1. The van der Waals surface area contributed by atoms with Gasteiger partial charge in [0.05, 0.1) is 22.8 Å². The van der Waals surface area contributed by atoms with Crippen LogP contribution in [0.5, 0.6) is 0 Å². The van der Waals surface area contributed by atoms with Gasteiger partial charge in [0.15, 0.2) is 0 Å². The van der Waals surface area contributed by atoms with Crippen molar-refractivity contribution in [3.8, 4) is 0 Å². The molecule has 0 N–H and O–H groups in total. The molecule has 0 radical (unpaired) electrons. The molecule has 0 fully saturated rings. The van der Waals surface area contributed by atoms with Crippen molar-refractivity contribution in [3.05, 3.63) is 58.6 Å². The average molecular weight is 291 g/mol. The summed E-state index contributed by atoms with van der Waals surface area (Å²) in [5.41, 5.74) is 1.12. The van der Waals surface area contributed by atoms with E-state index in [1.165, 1.54) is 29.4 Å². The highest BCUT2D eigenvalue weighted by atomic mass is 35.5. The van der Waals surface area contributed by atoms with Gasteiger partial charge >= 0.3 is 0 Å². The maximum Gasteiger partial charge on any atom is 0.299 e. The number of Topliss-reactive ketones (excluding diaryl/α,β-unsaturated/α-hetero) is 1. The number of anilines is 1. The molecule has 1 aliphatic rings. The third-order valence-electron chi connectivity index (χ3n) is 3.12. The van der Waals surface area contributed by atoms with Crippen LogP contribution in [-0.4, -0.2) is 16.7 Å². The smallest absolute Gasteiger partial charge is 0.299 e. The summed E-state index contributed by atoms with van der Waals surface area (Å²) in [6, 6.07) is 5.30. The third-order valence-corrected chi connectivity index (χ3v) is 3.46. The molecule has 1 amide bonds. The van der Waals surface area contributed by atoms with Crippen LogP contribution in [0.1, 0.15) is 15.9 Å². The third kappa shape index (κ3) is 1.96. The van der Waals surface area contributed by atoms with Gasteiger partial charge in [-0.3, -0.25) is 14.6 Å². The zero-order valence-electron chi connectivity index (χ0n) is 10.1. The van der Waals surface area contributed by atoms with Crippen molar-refractivity contribution in [1.29, 1.82) is 0 Å². The molecule has 0 aliphatic carbocycles. The number of carbonyl (C=O) groups is 2. The normalized spacial score (nSPS) is 13.8. The molecule has 1 aromatic carbocycles. The summed E-state index contributed by atoms with van der Waals surface area (Å²) in [6.45, 7) is 0.0996. The number of nitrogens with zero attached hydrogens (tertiary/aromatic N) is 2. The minimum absolute atomic E-state index is 0.0996. The van der Waals surface area contributed by atoms with Gasteiger partial charge in [-0.25, -0.2) is 4.39 Å². The van der Waals surface area contributed by atoms with Crippen LogP contribution in [0, 0.1) is 5.82 Å². The quantitative estimate of drug-likeness (QED) is 0.799. The largest absolute Gasteiger partial charge is 0.300 e. The van der Waals surface area contributed by atoms with Gasteiger partial charge in [0.2, 0.25) is 0 Å². The van der Waals surface area contributed by atoms with Crippen LogP contribution in [0.2, 0.25) is 5.02 Å². The number of hydrogen-bond donors (Lipinski definition) is 0. The van der Waals surface area contributed by atoms with E-state index in [2.05, 4.69) is 4.98 Å².